The first-order chi connectivity index (χ1) is 14.1. The average Bonchev–Trinajstić information content (AvgIpc) is 2.99. The first-order valence-corrected chi connectivity index (χ1v) is 9.76. The highest BCUT2D eigenvalue weighted by atomic mass is 35.5. The molecular weight excluding hydrogens is 384 g/mol. The van der Waals surface area contributed by atoms with E-state index in [-0.39, 0.29) is 11.6 Å². The standard InChI is InChI=1S/C24H19ClN2O2/c1-2-16-8-12-19(13-9-16)26-22-21(17-6-4-3-5-7-17)23(28)27(24(22)29)20-14-10-18(25)11-15-20/h3-15,26H,2H2,1H3. The number of anilines is 2. The maximum atomic E-state index is 13.3. The van der Waals surface area contributed by atoms with E-state index in [1.54, 1.807) is 24.3 Å². The lowest BCUT2D eigenvalue weighted by Crippen LogP contribution is -2.32. The fourth-order valence-corrected chi connectivity index (χ4v) is 3.44. The van der Waals surface area contributed by atoms with E-state index in [1.165, 1.54) is 10.5 Å². The molecule has 0 spiro atoms. The zero-order valence-electron chi connectivity index (χ0n) is 15.9. The number of nitrogens with zero attached hydrogens (tertiary/aromatic N) is 1. The van der Waals surface area contributed by atoms with Crippen LogP contribution in [0.5, 0.6) is 0 Å². The van der Waals surface area contributed by atoms with E-state index < -0.39 is 5.91 Å². The molecule has 3 aromatic rings. The second kappa shape index (κ2) is 7.94. The minimum absolute atomic E-state index is 0.264. The summed E-state index contributed by atoms with van der Waals surface area (Å²) in [5.74, 6) is -0.757. The van der Waals surface area contributed by atoms with Crippen molar-refractivity contribution >= 4 is 40.4 Å². The summed E-state index contributed by atoms with van der Waals surface area (Å²) in [4.78, 5) is 27.7. The van der Waals surface area contributed by atoms with Gasteiger partial charge < -0.3 is 5.32 Å². The highest BCUT2D eigenvalue weighted by molar-refractivity contribution is 6.46. The van der Waals surface area contributed by atoms with Gasteiger partial charge in [0.25, 0.3) is 11.8 Å². The minimum atomic E-state index is -0.393. The van der Waals surface area contributed by atoms with Crippen LogP contribution in [0.25, 0.3) is 5.57 Å². The number of carbonyl (C=O) groups excluding carboxylic acids is 2. The molecule has 0 aliphatic carbocycles. The quantitative estimate of drug-likeness (QED) is 0.589. The Labute approximate surface area is 174 Å². The molecule has 0 saturated heterocycles. The summed E-state index contributed by atoms with van der Waals surface area (Å²) in [6.07, 6.45) is 0.931. The van der Waals surface area contributed by atoms with Crippen LogP contribution in [0.2, 0.25) is 5.02 Å². The number of halogens is 1. The average molecular weight is 403 g/mol. The van der Waals surface area contributed by atoms with Gasteiger partial charge in [-0.25, -0.2) is 4.90 Å². The highest BCUT2D eigenvalue weighted by Crippen LogP contribution is 2.34. The molecule has 4 nitrogen and oxygen atoms in total. The van der Waals surface area contributed by atoms with Crippen molar-refractivity contribution in [3.05, 3.63) is 101 Å². The van der Waals surface area contributed by atoms with E-state index in [4.69, 9.17) is 11.6 Å². The van der Waals surface area contributed by atoms with E-state index >= 15 is 0 Å². The van der Waals surface area contributed by atoms with Crippen LogP contribution in [0.3, 0.4) is 0 Å². The Morgan fingerprint density at radius 1 is 0.828 bits per heavy atom. The number of benzene rings is 3. The minimum Gasteiger partial charge on any atom is -0.350 e. The third-order valence-corrected chi connectivity index (χ3v) is 5.11. The molecule has 144 valence electrons. The number of amides is 2. The fraction of sp³-hybridized carbons (Fsp3) is 0.0833. The molecule has 1 N–H and O–H groups in total. The number of rotatable bonds is 5. The Morgan fingerprint density at radius 2 is 1.48 bits per heavy atom. The molecular formula is C24H19ClN2O2. The van der Waals surface area contributed by atoms with Gasteiger partial charge in [0.05, 0.1) is 11.3 Å². The van der Waals surface area contributed by atoms with Crippen molar-refractivity contribution in [1.29, 1.82) is 0 Å². The lowest BCUT2D eigenvalue weighted by Gasteiger charge is -2.15. The van der Waals surface area contributed by atoms with Crippen LogP contribution in [0.4, 0.5) is 11.4 Å². The third-order valence-electron chi connectivity index (χ3n) is 4.86. The second-order valence-corrected chi connectivity index (χ2v) is 7.15. The lowest BCUT2D eigenvalue weighted by molar-refractivity contribution is -0.120. The maximum absolute atomic E-state index is 13.3. The molecule has 5 heteroatoms. The third kappa shape index (κ3) is 3.67. The summed E-state index contributed by atoms with van der Waals surface area (Å²) >= 11 is 5.97. The van der Waals surface area contributed by atoms with Crippen molar-refractivity contribution in [2.45, 2.75) is 13.3 Å². The van der Waals surface area contributed by atoms with E-state index in [0.29, 0.717) is 21.8 Å². The molecule has 0 bridgehead atoms. The van der Waals surface area contributed by atoms with Crippen molar-refractivity contribution in [2.75, 3.05) is 10.2 Å². The van der Waals surface area contributed by atoms with Gasteiger partial charge in [-0.05, 0) is 53.9 Å². The molecule has 0 aromatic heterocycles. The maximum Gasteiger partial charge on any atom is 0.282 e. The summed E-state index contributed by atoms with van der Waals surface area (Å²) in [7, 11) is 0. The van der Waals surface area contributed by atoms with Crippen LogP contribution in [0.1, 0.15) is 18.1 Å². The van der Waals surface area contributed by atoms with Crippen molar-refractivity contribution in [2.24, 2.45) is 0 Å². The lowest BCUT2D eigenvalue weighted by atomic mass is 10.0. The molecule has 1 aliphatic heterocycles. The predicted octanol–water partition coefficient (Wildman–Crippen LogP) is 5.30. The molecule has 0 fully saturated rings. The van der Waals surface area contributed by atoms with Gasteiger partial charge in [0.2, 0.25) is 0 Å². The molecule has 3 aromatic carbocycles. The van der Waals surface area contributed by atoms with Crippen molar-refractivity contribution in [3.63, 3.8) is 0 Å². The van der Waals surface area contributed by atoms with Gasteiger partial charge in [-0.15, -0.1) is 0 Å². The van der Waals surface area contributed by atoms with Crippen molar-refractivity contribution in [1.82, 2.24) is 0 Å². The summed E-state index contributed by atoms with van der Waals surface area (Å²) in [6.45, 7) is 2.08. The summed E-state index contributed by atoms with van der Waals surface area (Å²) in [5, 5.41) is 3.71. The van der Waals surface area contributed by atoms with Gasteiger partial charge in [0, 0.05) is 10.7 Å². The summed E-state index contributed by atoms with van der Waals surface area (Å²) in [5.41, 5.74) is 3.74. The van der Waals surface area contributed by atoms with Gasteiger partial charge >= 0.3 is 0 Å². The first kappa shape index (κ1) is 19.0. The van der Waals surface area contributed by atoms with Gasteiger partial charge in [0.15, 0.2) is 0 Å². The van der Waals surface area contributed by atoms with Crippen molar-refractivity contribution in [3.8, 4) is 0 Å². The monoisotopic (exact) mass is 402 g/mol. The topological polar surface area (TPSA) is 49.4 Å². The van der Waals surface area contributed by atoms with Crippen LogP contribution in [0.15, 0.2) is 84.6 Å². The molecule has 1 aliphatic rings. The molecule has 0 atom stereocenters. The number of nitrogens with one attached hydrogen (secondary N) is 1. The number of carbonyl (C=O) groups is 2. The first-order valence-electron chi connectivity index (χ1n) is 9.38. The SMILES string of the molecule is CCc1ccc(NC2=C(c3ccccc3)C(=O)N(c3ccc(Cl)cc3)C2=O)cc1. The predicted molar refractivity (Wildman–Crippen MR) is 117 cm³/mol. The normalized spacial score (nSPS) is 13.9. The van der Waals surface area contributed by atoms with E-state index in [9.17, 15) is 9.59 Å². The van der Waals surface area contributed by atoms with Crippen LogP contribution >= 0.6 is 11.6 Å². The van der Waals surface area contributed by atoms with E-state index in [1.807, 2.05) is 54.6 Å². The Hall–Kier alpha value is -3.37. The largest absolute Gasteiger partial charge is 0.350 e. The van der Waals surface area contributed by atoms with Gasteiger partial charge in [-0.2, -0.15) is 0 Å². The molecule has 0 radical (unpaired) electrons. The van der Waals surface area contributed by atoms with Crippen LogP contribution < -0.4 is 10.2 Å². The Balaban J connectivity index is 1.77. The van der Waals surface area contributed by atoms with Gasteiger partial charge in [-0.3, -0.25) is 9.59 Å². The number of aryl methyl sites for hydroxylation is 1. The Bertz CT molecular complexity index is 1090. The van der Waals surface area contributed by atoms with E-state index in [2.05, 4.69) is 12.2 Å². The molecule has 29 heavy (non-hydrogen) atoms. The van der Waals surface area contributed by atoms with Crippen molar-refractivity contribution < 1.29 is 9.59 Å². The molecule has 2 amide bonds. The van der Waals surface area contributed by atoms with E-state index in [0.717, 1.165) is 12.1 Å². The molecule has 0 unspecified atom stereocenters. The summed E-state index contributed by atoms with van der Waals surface area (Å²) in [6, 6.07) is 23.7. The number of imide groups is 1. The highest BCUT2D eigenvalue weighted by Gasteiger charge is 2.40. The zero-order chi connectivity index (χ0) is 20.4. The van der Waals surface area contributed by atoms with Crippen LogP contribution in [0, 0.1) is 0 Å². The Morgan fingerprint density at radius 3 is 2.10 bits per heavy atom. The van der Waals surface area contributed by atoms with Crippen LogP contribution in [-0.4, -0.2) is 11.8 Å². The summed E-state index contributed by atoms with van der Waals surface area (Å²) < 4.78 is 0. The molecule has 0 saturated carbocycles. The zero-order valence-corrected chi connectivity index (χ0v) is 16.6. The van der Waals surface area contributed by atoms with Crippen LogP contribution in [-0.2, 0) is 16.0 Å². The van der Waals surface area contributed by atoms with Gasteiger partial charge in [0.1, 0.15) is 5.70 Å². The molecule has 4 rings (SSSR count). The molecule has 1 heterocycles. The fourth-order valence-electron chi connectivity index (χ4n) is 3.31. The smallest absolute Gasteiger partial charge is 0.282 e. The number of hydrogen-bond acceptors (Lipinski definition) is 3. The second-order valence-electron chi connectivity index (χ2n) is 6.71. The number of hydrogen-bond donors (Lipinski definition) is 1. The Kier molecular flexibility index (Phi) is 5.19. The van der Waals surface area contributed by atoms with Gasteiger partial charge in [-0.1, -0.05) is 61.0 Å².